The van der Waals surface area contributed by atoms with Crippen molar-refractivity contribution < 1.29 is 4.74 Å². The summed E-state index contributed by atoms with van der Waals surface area (Å²) in [6.45, 7) is 2.56. The molecule has 0 fully saturated rings. The summed E-state index contributed by atoms with van der Waals surface area (Å²) in [6, 6.07) is 12.0. The van der Waals surface area contributed by atoms with Gasteiger partial charge in [-0.3, -0.25) is 0 Å². The molecule has 2 aromatic rings. The fraction of sp³-hybridized carbons (Fsp3) is 0.231. The maximum absolute atomic E-state index is 5.91. The largest absolute Gasteiger partial charge is 0.485 e. The van der Waals surface area contributed by atoms with E-state index in [-0.39, 0.29) is 6.10 Å². The summed E-state index contributed by atoms with van der Waals surface area (Å²) in [6.07, 6.45) is 0.0766. The third-order valence-electron chi connectivity index (χ3n) is 2.44. The van der Waals surface area contributed by atoms with E-state index in [4.69, 9.17) is 10.5 Å². The molecule has 1 heterocycles. The SMILES string of the molecule is CC(Oc1ccccc1CN)c1cccs1. The van der Waals surface area contributed by atoms with E-state index in [1.807, 2.05) is 30.3 Å². The van der Waals surface area contributed by atoms with E-state index < -0.39 is 0 Å². The van der Waals surface area contributed by atoms with E-state index >= 15 is 0 Å². The van der Waals surface area contributed by atoms with Gasteiger partial charge in [0.15, 0.2) is 0 Å². The number of ether oxygens (including phenoxy) is 1. The van der Waals surface area contributed by atoms with Crippen molar-refractivity contribution in [2.24, 2.45) is 5.73 Å². The van der Waals surface area contributed by atoms with Gasteiger partial charge >= 0.3 is 0 Å². The highest BCUT2D eigenvalue weighted by Gasteiger charge is 2.09. The zero-order valence-electron chi connectivity index (χ0n) is 9.22. The first-order valence-electron chi connectivity index (χ1n) is 5.29. The Kier molecular flexibility index (Phi) is 3.59. The molecule has 2 rings (SSSR count). The third kappa shape index (κ3) is 2.43. The molecular weight excluding hydrogens is 218 g/mol. The standard InChI is InChI=1S/C13H15NOS/c1-10(13-7-4-8-16-13)15-12-6-3-2-5-11(12)9-14/h2-8,10H,9,14H2,1H3. The van der Waals surface area contributed by atoms with Gasteiger partial charge in [-0.15, -0.1) is 11.3 Å². The quantitative estimate of drug-likeness (QED) is 0.879. The molecule has 0 bridgehead atoms. The predicted octanol–water partition coefficient (Wildman–Crippen LogP) is 3.35. The van der Waals surface area contributed by atoms with Gasteiger partial charge in [-0.1, -0.05) is 24.3 Å². The van der Waals surface area contributed by atoms with Crippen LogP contribution in [0.3, 0.4) is 0 Å². The number of hydrogen-bond donors (Lipinski definition) is 1. The van der Waals surface area contributed by atoms with Gasteiger partial charge < -0.3 is 10.5 Å². The Morgan fingerprint density at radius 2 is 2.06 bits per heavy atom. The van der Waals surface area contributed by atoms with Crippen LogP contribution in [-0.4, -0.2) is 0 Å². The Labute approximate surface area is 99.7 Å². The second-order valence-electron chi connectivity index (χ2n) is 3.59. The molecular formula is C13H15NOS. The molecule has 16 heavy (non-hydrogen) atoms. The molecule has 0 saturated carbocycles. The second kappa shape index (κ2) is 5.14. The first-order chi connectivity index (χ1) is 7.81. The molecule has 0 aliphatic heterocycles. The maximum Gasteiger partial charge on any atom is 0.130 e. The van der Waals surface area contributed by atoms with Gasteiger partial charge in [0.2, 0.25) is 0 Å². The summed E-state index contributed by atoms with van der Waals surface area (Å²) >= 11 is 1.71. The van der Waals surface area contributed by atoms with Crippen molar-refractivity contribution in [2.75, 3.05) is 0 Å². The van der Waals surface area contributed by atoms with Crippen LogP contribution in [-0.2, 0) is 6.54 Å². The molecule has 2 N–H and O–H groups in total. The van der Waals surface area contributed by atoms with Crippen LogP contribution in [0.25, 0.3) is 0 Å². The summed E-state index contributed by atoms with van der Waals surface area (Å²) in [5.74, 6) is 0.880. The zero-order chi connectivity index (χ0) is 11.4. The summed E-state index contributed by atoms with van der Waals surface area (Å²) < 4.78 is 5.91. The lowest BCUT2D eigenvalue weighted by atomic mass is 10.2. The van der Waals surface area contributed by atoms with Crippen molar-refractivity contribution in [3.8, 4) is 5.75 Å². The van der Waals surface area contributed by atoms with Crippen molar-refractivity contribution in [1.29, 1.82) is 0 Å². The molecule has 0 amide bonds. The Bertz CT molecular complexity index is 439. The molecule has 0 radical (unpaired) electrons. The summed E-state index contributed by atoms with van der Waals surface area (Å²) in [7, 11) is 0. The molecule has 2 nitrogen and oxygen atoms in total. The average Bonchev–Trinajstić information content (AvgIpc) is 2.83. The molecule has 0 aliphatic rings. The highest BCUT2D eigenvalue weighted by atomic mass is 32.1. The number of hydrogen-bond acceptors (Lipinski definition) is 3. The third-order valence-corrected chi connectivity index (χ3v) is 3.47. The van der Waals surface area contributed by atoms with Crippen LogP contribution in [0.1, 0.15) is 23.5 Å². The number of nitrogens with two attached hydrogens (primary N) is 1. The van der Waals surface area contributed by atoms with E-state index in [1.165, 1.54) is 4.88 Å². The molecule has 0 saturated heterocycles. The lowest BCUT2D eigenvalue weighted by molar-refractivity contribution is 0.228. The minimum Gasteiger partial charge on any atom is -0.485 e. The summed E-state index contributed by atoms with van der Waals surface area (Å²) in [5.41, 5.74) is 6.71. The molecule has 0 spiro atoms. The smallest absolute Gasteiger partial charge is 0.130 e. The van der Waals surface area contributed by atoms with E-state index in [9.17, 15) is 0 Å². The highest BCUT2D eigenvalue weighted by Crippen LogP contribution is 2.27. The van der Waals surface area contributed by atoms with Crippen LogP contribution in [0.4, 0.5) is 0 Å². The first-order valence-corrected chi connectivity index (χ1v) is 6.17. The van der Waals surface area contributed by atoms with Crippen LogP contribution in [0.2, 0.25) is 0 Å². The summed E-state index contributed by atoms with van der Waals surface area (Å²) in [4.78, 5) is 1.23. The molecule has 0 aliphatic carbocycles. The number of para-hydroxylation sites is 1. The number of thiophene rings is 1. The molecule has 84 valence electrons. The van der Waals surface area contributed by atoms with E-state index in [0.717, 1.165) is 11.3 Å². The van der Waals surface area contributed by atoms with Gasteiger partial charge in [0.05, 0.1) is 0 Å². The summed E-state index contributed by atoms with van der Waals surface area (Å²) in [5, 5.41) is 2.06. The normalized spacial score (nSPS) is 12.4. The monoisotopic (exact) mass is 233 g/mol. The fourth-order valence-electron chi connectivity index (χ4n) is 1.56. The maximum atomic E-state index is 5.91. The molecule has 1 aromatic carbocycles. The van der Waals surface area contributed by atoms with E-state index in [1.54, 1.807) is 11.3 Å². The van der Waals surface area contributed by atoms with Crippen molar-refractivity contribution in [3.63, 3.8) is 0 Å². The van der Waals surface area contributed by atoms with Gasteiger partial charge in [0.25, 0.3) is 0 Å². The van der Waals surface area contributed by atoms with Crippen LogP contribution >= 0.6 is 11.3 Å². The van der Waals surface area contributed by atoms with Gasteiger partial charge in [0, 0.05) is 17.0 Å². The Hall–Kier alpha value is -1.32. The molecule has 3 heteroatoms. The van der Waals surface area contributed by atoms with Crippen LogP contribution < -0.4 is 10.5 Å². The lowest BCUT2D eigenvalue weighted by Gasteiger charge is -2.15. The van der Waals surface area contributed by atoms with Crippen LogP contribution in [0.5, 0.6) is 5.75 Å². The topological polar surface area (TPSA) is 35.2 Å². The van der Waals surface area contributed by atoms with Crippen molar-refractivity contribution in [1.82, 2.24) is 0 Å². The van der Waals surface area contributed by atoms with Gasteiger partial charge in [-0.25, -0.2) is 0 Å². The Morgan fingerprint density at radius 3 is 2.75 bits per heavy atom. The Morgan fingerprint density at radius 1 is 1.25 bits per heavy atom. The highest BCUT2D eigenvalue weighted by molar-refractivity contribution is 7.10. The number of benzene rings is 1. The predicted molar refractivity (Wildman–Crippen MR) is 67.7 cm³/mol. The number of rotatable bonds is 4. The average molecular weight is 233 g/mol. The minimum absolute atomic E-state index is 0.0766. The van der Waals surface area contributed by atoms with Crippen LogP contribution in [0, 0.1) is 0 Å². The van der Waals surface area contributed by atoms with Gasteiger partial charge in [0.1, 0.15) is 11.9 Å². The lowest BCUT2D eigenvalue weighted by Crippen LogP contribution is -2.05. The fourth-order valence-corrected chi connectivity index (χ4v) is 2.27. The van der Waals surface area contributed by atoms with Crippen molar-refractivity contribution in [3.05, 3.63) is 52.2 Å². The first kappa shape index (κ1) is 11.2. The molecule has 1 atom stereocenters. The second-order valence-corrected chi connectivity index (χ2v) is 4.57. The van der Waals surface area contributed by atoms with Crippen LogP contribution in [0.15, 0.2) is 41.8 Å². The van der Waals surface area contributed by atoms with Crippen molar-refractivity contribution in [2.45, 2.75) is 19.6 Å². The van der Waals surface area contributed by atoms with Crippen molar-refractivity contribution >= 4 is 11.3 Å². The van der Waals surface area contributed by atoms with E-state index in [0.29, 0.717) is 6.54 Å². The van der Waals surface area contributed by atoms with Gasteiger partial charge in [-0.2, -0.15) is 0 Å². The molecule has 1 unspecified atom stereocenters. The Balaban J connectivity index is 2.14. The molecule has 1 aromatic heterocycles. The van der Waals surface area contributed by atoms with Gasteiger partial charge in [-0.05, 0) is 24.4 Å². The van der Waals surface area contributed by atoms with E-state index in [2.05, 4.69) is 18.4 Å². The minimum atomic E-state index is 0.0766. The zero-order valence-corrected chi connectivity index (χ0v) is 10.0.